The molecule has 2 aromatic carbocycles. The third-order valence-corrected chi connectivity index (χ3v) is 3.19. The Morgan fingerprint density at radius 2 is 1.82 bits per heavy atom. The van der Waals surface area contributed by atoms with E-state index >= 15 is 0 Å². The zero-order valence-electron chi connectivity index (χ0n) is 12.3. The van der Waals surface area contributed by atoms with E-state index in [0.29, 0.717) is 24.5 Å². The lowest BCUT2D eigenvalue weighted by Gasteiger charge is -2.12. The van der Waals surface area contributed by atoms with Gasteiger partial charge in [0.05, 0.1) is 7.11 Å². The largest absolute Gasteiger partial charge is 0.493 e. The molecule has 0 unspecified atom stereocenters. The third-order valence-electron chi connectivity index (χ3n) is 3.19. The maximum absolute atomic E-state index is 10.9. The minimum Gasteiger partial charge on any atom is -0.493 e. The second kappa shape index (κ2) is 7.93. The molecule has 2 rings (SSSR count). The van der Waals surface area contributed by atoms with Crippen molar-refractivity contribution >= 4 is 5.91 Å². The van der Waals surface area contributed by atoms with Crippen molar-refractivity contribution < 1.29 is 14.3 Å². The fraction of sp³-hybridized carbons (Fsp3) is 0.235. The summed E-state index contributed by atoms with van der Waals surface area (Å²) in [7, 11) is 1.56. The fourth-order valence-corrected chi connectivity index (χ4v) is 2.02. The number of carbonyl (C=O) groups is 1. The van der Waals surface area contributed by atoms with Gasteiger partial charge in [-0.25, -0.2) is 0 Å². The number of amides is 1. The van der Waals surface area contributed by atoms with Crippen LogP contribution in [0.5, 0.6) is 11.5 Å². The minimum absolute atomic E-state index is 0.0941. The van der Waals surface area contributed by atoms with Crippen LogP contribution in [0.15, 0.2) is 53.7 Å². The van der Waals surface area contributed by atoms with Gasteiger partial charge in [0, 0.05) is 11.6 Å². The van der Waals surface area contributed by atoms with E-state index in [1.165, 1.54) is 0 Å². The molecule has 0 atom stereocenters. The van der Waals surface area contributed by atoms with E-state index in [9.17, 15) is 9.70 Å². The fourth-order valence-electron chi connectivity index (χ4n) is 2.02. The molecule has 0 aliphatic rings. The third kappa shape index (κ3) is 4.41. The molecule has 0 heterocycles. The maximum Gasteiger partial charge on any atom is 0.286 e. The van der Waals surface area contributed by atoms with E-state index in [-0.39, 0.29) is 6.42 Å². The number of methoxy groups -OCH3 is 1. The number of nitrogens with zero attached hydrogens (tertiary/aromatic N) is 1. The highest BCUT2D eigenvalue weighted by Crippen LogP contribution is 2.29. The molecule has 114 valence electrons. The standard InChI is InChI=1S/C17H17NO4/c1-21-16-11-13(8-10-17(19)18-20)7-9-15(16)22-12-14-5-3-2-4-6-14/h2-7,9,11H,8,10,12H2,1H3. The summed E-state index contributed by atoms with van der Waals surface area (Å²) in [5, 5.41) is 2.38. The second-order valence-electron chi connectivity index (χ2n) is 4.74. The van der Waals surface area contributed by atoms with Gasteiger partial charge in [-0.2, -0.15) is 0 Å². The Balaban J connectivity index is 2.02. The molecule has 0 spiro atoms. The number of ether oxygens (including phenoxy) is 2. The maximum atomic E-state index is 10.9. The molecule has 0 bridgehead atoms. The first-order chi connectivity index (χ1) is 10.7. The van der Waals surface area contributed by atoms with Crippen molar-refractivity contribution in [3.8, 4) is 11.5 Å². The molecule has 22 heavy (non-hydrogen) atoms. The topological polar surface area (TPSA) is 65.0 Å². The van der Waals surface area contributed by atoms with E-state index in [2.05, 4.69) is 5.18 Å². The lowest BCUT2D eigenvalue weighted by molar-refractivity contribution is -0.117. The molecule has 0 saturated heterocycles. The van der Waals surface area contributed by atoms with E-state index in [1.54, 1.807) is 19.2 Å². The van der Waals surface area contributed by atoms with Gasteiger partial charge in [-0.3, -0.25) is 4.79 Å². The molecule has 0 aliphatic carbocycles. The summed E-state index contributed by atoms with van der Waals surface area (Å²) in [5.74, 6) is 0.582. The molecule has 5 nitrogen and oxygen atoms in total. The molecule has 0 saturated carbocycles. The Bertz CT molecular complexity index is 640. The number of hydrogen-bond acceptors (Lipinski definition) is 4. The van der Waals surface area contributed by atoms with Crippen LogP contribution in [0.3, 0.4) is 0 Å². The van der Waals surface area contributed by atoms with E-state index < -0.39 is 5.91 Å². The van der Waals surface area contributed by atoms with Crippen molar-refractivity contribution in [1.29, 1.82) is 0 Å². The quantitative estimate of drug-likeness (QED) is 0.734. The van der Waals surface area contributed by atoms with Gasteiger partial charge in [0.25, 0.3) is 5.91 Å². The lowest BCUT2D eigenvalue weighted by atomic mass is 10.1. The van der Waals surface area contributed by atoms with Crippen LogP contribution in [0, 0.1) is 4.91 Å². The summed E-state index contributed by atoms with van der Waals surface area (Å²) < 4.78 is 11.1. The number of hydrogen-bond donors (Lipinski definition) is 0. The minimum atomic E-state index is -0.650. The van der Waals surface area contributed by atoms with E-state index in [4.69, 9.17) is 9.47 Å². The van der Waals surface area contributed by atoms with Gasteiger partial charge in [0.1, 0.15) is 6.61 Å². The summed E-state index contributed by atoms with van der Waals surface area (Å²) in [6.07, 6.45) is 0.538. The van der Waals surface area contributed by atoms with Gasteiger partial charge in [-0.05, 0) is 29.7 Å². The average molecular weight is 299 g/mol. The Morgan fingerprint density at radius 3 is 2.50 bits per heavy atom. The first kappa shape index (κ1) is 15.7. The van der Waals surface area contributed by atoms with Crippen LogP contribution in [0.1, 0.15) is 17.5 Å². The number of benzene rings is 2. The van der Waals surface area contributed by atoms with Crippen molar-refractivity contribution in [3.63, 3.8) is 0 Å². The van der Waals surface area contributed by atoms with Crippen LogP contribution in [-0.2, 0) is 17.8 Å². The summed E-state index contributed by atoms with van der Waals surface area (Å²) in [6.45, 7) is 0.449. The zero-order chi connectivity index (χ0) is 15.8. The molecular formula is C17H17NO4. The number of carbonyl (C=O) groups excluding carboxylic acids is 1. The van der Waals surface area contributed by atoms with Gasteiger partial charge in [-0.1, -0.05) is 36.4 Å². The Labute approximate surface area is 128 Å². The van der Waals surface area contributed by atoms with Crippen LogP contribution in [0.4, 0.5) is 0 Å². The van der Waals surface area contributed by atoms with Gasteiger partial charge >= 0.3 is 0 Å². The molecule has 0 aromatic heterocycles. The number of nitroso groups, excluding NO2 is 1. The highest BCUT2D eigenvalue weighted by molar-refractivity contribution is 5.76. The second-order valence-corrected chi connectivity index (χ2v) is 4.74. The molecule has 0 radical (unpaired) electrons. The van der Waals surface area contributed by atoms with Crippen molar-refractivity contribution in [2.45, 2.75) is 19.4 Å². The highest BCUT2D eigenvalue weighted by Gasteiger charge is 2.08. The summed E-state index contributed by atoms with van der Waals surface area (Å²) in [6, 6.07) is 15.3. The average Bonchev–Trinajstić information content (AvgIpc) is 2.58. The van der Waals surface area contributed by atoms with Crippen LogP contribution in [0.25, 0.3) is 0 Å². The highest BCUT2D eigenvalue weighted by atomic mass is 16.5. The van der Waals surface area contributed by atoms with Gasteiger partial charge in [0.2, 0.25) is 0 Å². The van der Waals surface area contributed by atoms with E-state index in [1.807, 2.05) is 36.4 Å². The van der Waals surface area contributed by atoms with Crippen LogP contribution in [-0.4, -0.2) is 13.0 Å². The van der Waals surface area contributed by atoms with Crippen molar-refractivity contribution in [1.82, 2.24) is 0 Å². The molecule has 0 aliphatic heterocycles. The van der Waals surface area contributed by atoms with Crippen molar-refractivity contribution in [3.05, 3.63) is 64.6 Å². The molecular weight excluding hydrogens is 282 g/mol. The first-order valence-corrected chi connectivity index (χ1v) is 6.92. The molecule has 1 amide bonds. The Hall–Kier alpha value is -2.69. The van der Waals surface area contributed by atoms with Crippen LogP contribution in [0.2, 0.25) is 0 Å². The predicted molar refractivity (Wildman–Crippen MR) is 82.9 cm³/mol. The molecule has 0 N–H and O–H groups in total. The van der Waals surface area contributed by atoms with Crippen LogP contribution < -0.4 is 9.47 Å². The number of rotatable bonds is 7. The van der Waals surface area contributed by atoms with Crippen molar-refractivity contribution in [2.24, 2.45) is 5.18 Å². The van der Waals surface area contributed by atoms with Gasteiger partial charge in [0.15, 0.2) is 11.5 Å². The van der Waals surface area contributed by atoms with E-state index in [0.717, 1.165) is 11.1 Å². The summed E-state index contributed by atoms with van der Waals surface area (Å²) in [4.78, 5) is 21.0. The lowest BCUT2D eigenvalue weighted by Crippen LogP contribution is -1.99. The molecule has 0 fully saturated rings. The Morgan fingerprint density at radius 1 is 1.05 bits per heavy atom. The molecule has 2 aromatic rings. The molecule has 5 heteroatoms. The zero-order valence-corrected chi connectivity index (χ0v) is 12.3. The SMILES string of the molecule is COc1cc(CCC(=O)N=O)ccc1OCc1ccccc1. The smallest absolute Gasteiger partial charge is 0.286 e. The normalized spacial score (nSPS) is 10.0. The predicted octanol–water partition coefficient (Wildman–Crippen LogP) is 3.50. The number of aryl methyl sites for hydroxylation is 1. The monoisotopic (exact) mass is 299 g/mol. The van der Waals surface area contributed by atoms with Crippen LogP contribution >= 0.6 is 0 Å². The van der Waals surface area contributed by atoms with Gasteiger partial charge in [-0.15, -0.1) is 4.91 Å². The summed E-state index contributed by atoms with van der Waals surface area (Å²) in [5.41, 5.74) is 1.96. The first-order valence-electron chi connectivity index (χ1n) is 6.92. The Kier molecular flexibility index (Phi) is 5.65. The van der Waals surface area contributed by atoms with Gasteiger partial charge < -0.3 is 9.47 Å². The summed E-state index contributed by atoms with van der Waals surface area (Å²) >= 11 is 0. The van der Waals surface area contributed by atoms with Crippen molar-refractivity contribution in [2.75, 3.05) is 7.11 Å².